The van der Waals surface area contributed by atoms with Crippen LogP contribution in [-0.4, -0.2) is 60.9 Å². The van der Waals surface area contributed by atoms with Gasteiger partial charge in [0.25, 0.3) is 0 Å². The molecule has 19 heavy (non-hydrogen) atoms. The predicted octanol–water partition coefficient (Wildman–Crippen LogP) is 0.684. The van der Waals surface area contributed by atoms with Gasteiger partial charge in [0.2, 0.25) is 0 Å². The summed E-state index contributed by atoms with van der Waals surface area (Å²) in [6, 6.07) is 0. The summed E-state index contributed by atoms with van der Waals surface area (Å²) in [6.45, 7) is 5.92. The van der Waals surface area contributed by atoms with E-state index < -0.39 is 6.10 Å². The Labute approximate surface area is 116 Å². The lowest BCUT2D eigenvalue weighted by Gasteiger charge is -2.29. The van der Waals surface area contributed by atoms with Gasteiger partial charge in [0.1, 0.15) is 0 Å². The average Bonchev–Trinajstić information content (AvgIpc) is 2.85. The molecule has 0 aromatic rings. The van der Waals surface area contributed by atoms with Crippen molar-refractivity contribution >= 4 is 0 Å². The maximum Gasteiger partial charge on any atom is 0.0897 e. The number of hydrogen-bond acceptors (Lipinski definition) is 5. The lowest BCUT2D eigenvalue weighted by molar-refractivity contribution is -0.0125. The third-order valence-corrected chi connectivity index (χ3v) is 3.57. The number of ether oxygens (including phenoxy) is 2. The Morgan fingerprint density at radius 3 is 2.47 bits per heavy atom. The molecule has 1 rings (SSSR count). The zero-order chi connectivity index (χ0) is 14.1. The number of hydrogen-bond donors (Lipinski definition) is 3. The molecule has 0 heterocycles. The van der Waals surface area contributed by atoms with Crippen LogP contribution in [0.2, 0.25) is 0 Å². The van der Waals surface area contributed by atoms with E-state index in [0.29, 0.717) is 26.4 Å². The zero-order valence-corrected chi connectivity index (χ0v) is 12.2. The molecule has 0 spiro atoms. The lowest BCUT2D eigenvalue weighted by Crippen LogP contribution is -2.49. The first kappa shape index (κ1) is 16.9. The Kier molecular flexibility index (Phi) is 7.87. The Morgan fingerprint density at radius 1 is 1.21 bits per heavy atom. The molecule has 5 heteroatoms. The van der Waals surface area contributed by atoms with Crippen LogP contribution in [0.1, 0.15) is 39.5 Å². The van der Waals surface area contributed by atoms with Crippen molar-refractivity contribution in [3.8, 4) is 0 Å². The molecule has 5 nitrogen and oxygen atoms in total. The minimum absolute atomic E-state index is 0.142. The van der Waals surface area contributed by atoms with Crippen molar-refractivity contribution in [1.29, 1.82) is 0 Å². The first-order valence-corrected chi connectivity index (χ1v) is 7.31. The molecule has 1 unspecified atom stereocenters. The molecule has 1 fully saturated rings. The molecule has 1 saturated carbocycles. The van der Waals surface area contributed by atoms with Gasteiger partial charge in [-0.3, -0.25) is 0 Å². The van der Waals surface area contributed by atoms with E-state index in [1.807, 2.05) is 13.8 Å². The quantitative estimate of drug-likeness (QED) is 0.512. The molecular formula is C14H29NO4. The van der Waals surface area contributed by atoms with Gasteiger partial charge in [-0.2, -0.15) is 0 Å². The molecule has 0 aromatic carbocycles. The van der Waals surface area contributed by atoms with Crippen molar-refractivity contribution in [3.05, 3.63) is 0 Å². The van der Waals surface area contributed by atoms with Crippen LogP contribution in [0.25, 0.3) is 0 Å². The molecule has 0 radical (unpaired) electrons. The van der Waals surface area contributed by atoms with E-state index in [2.05, 4.69) is 5.32 Å². The highest BCUT2D eigenvalue weighted by molar-refractivity contribution is 4.92. The summed E-state index contributed by atoms with van der Waals surface area (Å²) in [7, 11) is 0. The van der Waals surface area contributed by atoms with Crippen molar-refractivity contribution in [1.82, 2.24) is 5.32 Å². The van der Waals surface area contributed by atoms with Crippen LogP contribution in [-0.2, 0) is 9.47 Å². The second-order valence-corrected chi connectivity index (χ2v) is 5.67. The van der Waals surface area contributed by atoms with E-state index in [1.54, 1.807) is 0 Å². The van der Waals surface area contributed by atoms with Gasteiger partial charge in [-0.1, -0.05) is 12.8 Å². The van der Waals surface area contributed by atoms with E-state index in [-0.39, 0.29) is 18.2 Å². The second-order valence-electron chi connectivity index (χ2n) is 5.67. The minimum atomic E-state index is -0.539. The highest BCUT2D eigenvalue weighted by Crippen LogP contribution is 2.28. The lowest BCUT2D eigenvalue weighted by atomic mass is 9.99. The van der Waals surface area contributed by atoms with Crippen LogP contribution in [0.4, 0.5) is 0 Å². The van der Waals surface area contributed by atoms with Crippen molar-refractivity contribution < 1.29 is 19.7 Å². The van der Waals surface area contributed by atoms with Crippen molar-refractivity contribution in [2.75, 3.05) is 33.0 Å². The van der Waals surface area contributed by atoms with E-state index in [0.717, 1.165) is 25.7 Å². The molecule has 0 saturated heterocycles. The van der Waals surface area contributed by atoms with Gasteiger partial charge in [-0.05, 0) is 26.7 Å². The highest BCUT2D eigenvalue weighted by Gasteiger charge is 2.32. The smallest absolute Gasteiger partial charge is 0.0897 e. The van der Waals surface area contributed by atoms with Crippen LogP contribution >= 0.6 is 0 Å². The number of β-amino-alcohol motifs (C(OH)–C–C–N with tert-alkyl or cyclic N) is 1. The van der Waals surface area contributed by atoms with Crippen molar-refractivity contribution in [3.63, 3.8) is 0 Å². The fourth-order valence-corrected chi connectivity index (χ4v) is 2.40. The fraction of sp³-hybridized carbons (Fsp3) is 1.00. The van der Waals surface area contributed by atoms with Gasteiger partial charge >= 0.3 is 0 Å². The number of nitrogens with one attached hydrogen (secondary N) is 1. The van der Waals surface area contributed by atoms with Gasteiger partial charge in [0.05, 0.1) is 38.6 Å². The van der Waals surface area contributed by atoms with E-state index in [4.69, 9.17) is 9.47 Å². The summed E-state index contributed by atoms with van der Waals surface area (Å²) in [5, 5.41) is 22.5. The highest BCUT2D eigenvalue weighted by atomic mass is 16.5. The number of aliphatic hydroxyl groups excluding tert-OH is 2. The van der Waals surface area contributed by atoms with Gasteiger partial charge in [0.15, 0.2) is 0 Å². The second kappa shape index (κ2) is 8.87. The van der Waals surface area contributed by atoms with Crippen molar-refractivity contribution in [2.24, 2.45) is 0 Å². The SMILES string of the molecule is CC(C)OCCOCC(O)CNC1(CO)CCCC1. The predicted molar refractivity (Wildman–Crippen MR) is 74.2 cm³/mol. The molecule has 0 amide bonds. The largest absolute Gasteiger partial charge is 0.394 e. The molecule has 0 bridgehead atoms. The van der Waals surface area contributed by atoms with Crippen LogP contribution < -0.4 is 5.32 Å². The van der Waals surface area contributed by atoms with E-state index in [1.165, 1.54) is 0 Å². The molecular weight excluding hydrogens is 246 g/mol. The molecule has 3 N–H and O–H groups in total. The first-order chi connectivity index (χ1) is 9.08. The molecule has 0 aromatic heterocycles. The average molecular weight is 275 g/mol. The summed E-state index contributed by atoms with van der Waals surface area (Å²) in [6.07, 6.45) is 3.93. The Hall–Kier alpha value is -0.200. The molecule has 1 aliphatic rings. The monoisotopic (exact) mass is 275 g/mol. The number of rotatable bonds is 10. The summed E-state index contributed by atoms with van der Waals surface area (Å²) in [4.78, 5) is 0. The van der Waals surface area contributed by atoms with Crippen LogP contribution in [0.3, 0.4) is 0 Å². The first-order valence-electron chi connectivity index (χ1n) is 7.31. The summed E-state index contributed by atoms with van der Waals surface area (Å²) in [5.74, 6) is 0. The van der Waals surface area contributed by atoms with E-state index >= 15 is 0 Å². The Bertz CT molecular complexity index is 229. The molecule has 0 aliphatic heterocycles. The maximum absolute atomic E-state index is 9.82. The van der Waals surface area contributed by atoms with Crippen LogP contribution in [0.15, 0.2) is 0 Å². The van der Waals surface area contributed by atoms with Gasteiger partial charge in [-0.25, -0.2) is 0 Å². The minimum Gasteiger partial charge on any atom is -0.394 e. The Balaban J connectivity index is 2.05. The number of aliphatic hydroxyl groups is 2. The van der Waals surface area contributed by atoms with E-state index in [9.17, 15) is 10.2 Å². The van der Waals surface area contributed by atoms with Gasteiger partial charge in [0, 0.05) is 12.1 Å². The Morgan fingerprint density at radius 2 is 1.89 bits per heavy atom. The van der Waals surface area contributed by atoms with Gasteiger partial charge in [-0.15, -0.1) is 0 Å². The standard InChI is InChI=1S/C14H29NO4/c1-12(2)19-8-7-18-10-13(17)9-15-14(11-16)5-3-4-6-14/h12-13,15-17H,3-11H2,1-2H3. The summed E-state index contributed by atoms with van der Waals surface area (Å²) < 4.78 is 10.7. The van der Waals surface area contributed by atoms with Crippen molar-refractivity contribution in [2.45, 2.75) is 57.3 Å². The van der Waals surface area contributed by atoms with Crippen LogP contribution in [0, 0.1) is 0 Å². The van der Waals surface area contributed by atoms with Gasteiger partial charge < -0.3 is 25.0 Å². The fourth-order valence-electron chi connectivity index (χ4n) is 2.40. The normalized spacial score (nSPS) is 20.1. The third-order valence-electron chi connectivity index (χ3n) is 3.57. The summed E-state index contributed by atoms with van der Waals surface area (Å²) in [5.41, 5.74) is -0.179. The topological polar surface area (TPSA) is 71.0 Å². The molecule has 1 aliphatic carbocycles. The molecule has 114 valence electrons. The third kappa shape index (κ3) is 6.68. The zero-order valence-electron chi connectivity index (χ0n) is 12.2. The van der Waals surface area contributed by atoms with Crippen LogP contribution in [0.5, 0.6) is 0 Å². The maximum atomic E-state index is 9.82. The summed E-state index contributed by atoms with van der Waals surface area (Å²) >= 11 is 0. The molecule has 1 atom stereocenters.